The Labute approximate surface area is 125 Å². The van der Waals surface area contributed by atoms with Gasteiger partial charge in [0.2, 0.25) is 0 Å². The Morgan fingerprint density at radius 1 is 1.26 bits per heavy atom. The summed E-state index contributed by atoms with van der Waals surface area (Å²) in [7, 11) is 0. The summed E-state index contributed by atoms with van der Waals surface area (Å²) in [6.45, 7) is 2.62. The van der Waals surface area contributed by atoms with Crippen LogP contribution in [0.15, 0.2) is 24.3 Å². The molecule has 1 saturated heterocycles. The van der Waals surface area contributed by atoms with Crippen molar-refractivity contribution in [1.82, 2.24) is 10.6 Å². The number of nitrogens with zero attached hydrogens (tertiary/aromatic N) is 1. The van der Waals surface area contributed by atoms with Crippen LogP contribution >= 0.6 is 24.8 Å². The van der Waals surface area contributed by atoms with E-state index < -0.39 is 0 Å². The lowest BCUT2D eigenvalue weighted by Crippen LogP contribution is -2.39. The van der Waals surface area contributed by atoms with E-state index in [9.17, 15) is 10.1 Å². The van der Waals surface area contributed by atoms with E-state index >= 15 is 0 Å². The van der Waals surface area contributed by atoms with Crippen LogP contribution in [-0.4, -0.2) is 24.1 Å². The Hall–Kier alpha value is -0.880. The number of nitrogens with one attached hydrogen (secondary N) is 2. The minimum absolute atomic E-state index is 0. The molecule has 0 bridgehead atoms. The van der Waals surface area contributed by atoms with Gasteiger partial charge in [0.05, 0.1) is 4.92 Å². The third-order valence-corrected chi connectivity index (χ3v) is 3.11. The molecular formula is C12H19Cl2N3O2. The fourth-order valence-corrected chi connectivity index (χ4v) is 2.12. The van der Waals surface area contributed by atoms with Crippen LogP contribution in [0.2, 0.25) is 0 Å². The summed E-state index contributed by atoms with van der Waals surface area (Å²) in [6.07, 6.45) is 2.17. The molecule has 1 fully saturated rings. The van der Waals surface area contributed by atoms with Crippen LogP contribution in [0.3, 0.4) is 0 Å². The highest BCUT2D eigenvalue weighted by atomic mass is 35.5. The number of halogens is 2. The second-order valence-corrected chi connectivity index (χ2v) is 4.29. The smallest absolute Gasteiger partial charge is 0.273 e. The number of benzene rings is 1. The molecule has 0 aliphatic carbocycles. The molecular weight excluding hydrogens is 289 g/mol. The van der Waals surface area contributed by atoms with E-state index in [4.69, 9.17) is 0 Å². The van der Waals surface area contributed by atoms with Gasteiger partial charge in [-0.3, -0.25) is 10.1 Å². The van der Waals surface area contributed by atoms with Crippen LogP contribution in [0.25, 0.3) is 0 Å². The highest BCUT2D eigenvalue weighted by Crippen LogP contribution is 2.17. The van der Waals surface area contributed by atoms with Crippen molar-refractivity contribution in [1.29, 1.82) is 0 Å². The fraction of sp³-hybridized carbons (Fsp3) is 0.500. The number of nitro benzene ring substituents is 1. The van der Waals surface area contributed by atoms with Crippen LogP contribution in [0, 0.1) is 10.1 Å². The zero-order valence-electron chi connectivity index (χ0n) is 10.5. The van der Waals surface area contributed by atoms with E-state index in [1.54, 1.807) is 12.1 Å². The van der Waals surface area contributed by atoms with Gasteiger partial charge in [0.15, 0.2) is 0 Å². The molecule has 0 aromatic heterocycles. The fourth-order valence-electron chi connectivity index (χ4n) is 2.12. The molecule has 0 saturated carbocycles. The summed E-state index contributed by atoms with van der Waals surface area (Å²) in [5.74, 6) is 0. The van der Waals surface area contributed by atoms with Crippen LogP contribution in [-0.2, 0) is 6.54 Å². The van der Waals surface area contributed by atoms with Crippen LogP contribution in [0.4, 0.5) is 5.69 Å². The van der Waals surface area contributed by atoms with Crippen molar-refractivity contribution in [3.05, 3.63) is 39.9 Å². The summed E-state index contributed by atoms with van der Waals surface area (Å²) in [6, 6.07) is 7.38. The first-order chi connectivity index (χ1) is 8.27. The van der Waals surface area contributed by atoms with Gasteiger partial charge >= 0.3 is 0 Å². The molecule has 0 amide bonds. The minimum Gasteiger partial charge on any atom is -0.317 e. The maximum Gasteiger partial charge on any atom is 0.273 e. The average Bonchev–Trinajstić information content (AvgIpc) is 2.38. The van der Waals surface area contributed by atoms with Crippen LogP contribution in [0.5, 0.6) is 0 Å². The van der Waals surface area contributed by atoms with Crippen molar-refractivity contribution in [3.63, 3.8) is 0 Å². The first-order valence-corrected chi connectivity index (χ1v) is 5.94. The van der Waals surface area contributed by atoms with Gasteiger partial charge in [-0.15, -0.1) is 24.8 Å². The summed E-state index contributed by atoms with van der Waals surface area (Å²) in [5, 5.41) is 17.5. The van der Waals surface area contributed by atoms with Crippen LogP contribution < -0.4 is 10.6 Å². The SMILES string of the molecule is Cl.Cl.O=[N+]([O-])c1ccccc1CNC1CCNCC1. The molecule has 2 rings (SSSR count). The molecule has 7 heteroatoms. The molecule has 0 atom stereocenters. The maximum absolute atomic E-state index is 10.8. The van der Waals surface area contributed by atoms with Gasteiger partial charge < -0.3 is 10.6 Å². The molecule has 1 aliphatic heterocycles. The molecule has 0 unspecified atom stereocenters. The van der Waals surface area contributed by atoms with E-state index in [1.807, 2.05) is 12.1 Å². The second kappa shape index (κ2) is 9.09. The van der Waals surface area contributed by atoms with Crippen molar-refractivity contribution in [2.45, 2.75) is 25.4 Å². The monoisotopic (exact) mass is 307 g/mol. The summed E-state index contributed by atoms with van der Waals surface area (Å²) in [5.41, 5.74) is 0.963. The van der Waals surface area contributed by atoms with E-state index in [1.165, 1.54) is 0 Å². The first kappa shape index (κ1) is 18.1. The summed E-state index contributed by atoms with van der Waals surface area (Å²) in [4.78, 5) is 10.5. The zero-order valence-corrected chi connectivity index (χ0v) is 12.1. The Balaban J connectivity index is 0.00000162. The van der Waals surface area contributed by atoms with Crippen LogP contribution in [0.1, 0.15) is 18.4 Å². The molecule has 2 N–H and O–H groups in total. The van der Waals surface area contributed by atoms with Gasteiger partial charge in [0, 0.05) is 24.2 Å². The quantitative estimate of drug-likeness (QED) is 0.661. The number of para-hydroxylation sites is 1. The van der Waals surface area contributed by atoms with Gasteiger partial charge in [0.25, 0.3) is 5.69 Å². The predicted octanol–water partition coefficient (Wildman–Crippen LogP) is 2.28. The molecule has 1 aliphatic rings. The molecule has 0 radical (unpaired) electrons. The van der Waals surface area contributed by atoms with Crippen molar-refractivity contribution >= 4 is 30.5 Å². The number of hydrogen-bond donors (Lipinski definition) is 2. The van der Waals surface area contributed by atoms with Gasteiger partial charge in [-0.25, -0.2) is 0 Å². The van der Waals surface area contributed by atoms with E-state index in [-0.39, 0.29) is 35.4 Å². The highest BCUT2D eigenvalue weighted by Gasteiger charge is 2.15. The Morgan fingerprint density at radius 3 is 2.53 bits per heavy atom. The molecule has 1 heterocycles. The lowest BCUT2D eigenvalue weighted by molar-refractivity contribution is -0.385. The Morgan fingerprint density at radius 2 is 1.89 bits per heavy atom. The number of nitro groups is 1. The van der Waals surface area contributed by atoms with E-state index in [0.717, 1.165) is 31.5 Å². The molecule has 19 heavy (non-hydrogen) atoms. The second-order valence-electron chi connectivity index (χ2n) is 4.29. The van der Waals surface area contributed by atoms with Gasteiger partial charge in [-0.2, -0.15) is 0 Å². The number of hydrogen-bond acceptors (Lipinski definition) is 4. The highest BCUT2D eigenvalue weighted by molar-refractivity contribution is 5.85. The summed E-state index contributed by atoms with van der Waals surface area (Å²) < 4.78 is 0. The predicted molar refractivity (Wildman–Crippen MR) is 80.3 cm³/mol. The maximum atomic E-state index is 10.8. The largest absolute Gasteiger partial charge is 0.317 e. The van der Waals surface area contributed by atoms with Gasteiger partial charge in [0.1, 0.15) is 0 Å². The van der Waals surface area contributed by atoms with Crippen molar-refractivity contribution < 1.29 is 4.92 Å². The molecule has 1 aromatic rings. The minimum atomic E-state index is -0.320. The van der Waals surface area contributed by atoms with Gasteiger partial charge in [-0.1, -0.05) is 18.2 Å². The Kier molecular flexibility index (Phi) is 8.67. The van der Waals surface area contributed by atoms with Gasteiger partial charge in [-0.05, 0) is 25.9 Å². The molecule has 5 nitrogen and oxygen atoms in total. The number of piperidine rings is 1. The van der Waals surface area contributed by atoms with E-state index in [2.05, 4.69) is 10.6 Å². The van der Waals surface area contributed by atoms with Crippen molar-refractivity contribution in [3.8, 4) is 0 Å². The third-order valence-electron chi connectivity index (χ3n) is 3.11. The summed E-state index contributed by atoms with van der Waals surface area (Å²) >= 11 is 0. The zero-order chi connectivity index (χ0) is 12.1. The standard InChI is InChI=1S/C12H17N3O2.2ClH/c16-15(17)12-4-2-1-3-10(12)9-14-11-5-7-13-8-6-11;;/h1-4,11,13-14H,5-9H2;2*1H. The average molecular weight is 308 g/mol. The normalized spacial score (nSPS) is 15.2. The Bertz CT molecular complexity index is 398. The molecule has 1 aromatic carbocycles. The first-order valence-electron chi connectivity index (χ1n) is 5.94. The lowest BCUT2D eigenvalue weighted by atomic mass is 10.1. The third kappa shape index (κ3) is 5.32. The lowest BCUT2D eigenvalue weighted by Gasteiger charge is -2.23. The van der Waals surface area contributed by atoms with Crippen molar-refractivity contribution in [2.24, 2.45) is 0 Å². The van der Waals surface area contributed by atoms with E-state index in [0.29, 0.717) is 12.6 Å². The molecule has 108 valence electrons. The molecule has 0 spiro atoms. The topological polar surface area (TPSA) is 67.2 Å². The van der Waals surface area contributed by atoms with Crippen molar-refractivity contribution in [2.75, 3.05) is 13.1 Å². The number of rotatable bonds is 4.